The van der Waals surface area contributed by atoms with Crippen molar-refractivity contribution in [3.8, 4) is 0 Å². The molecule has 2 atom stereocenters. The average Bonchev–Trinajstić information content (AvgIpc) is 2.55. The second-order valence-electron chi connectivity index (χ2n) is 5.94. The van der Waals surface area contributed by atoms with E-state index in [1.807, 2.05) is 13.8 Å². The lowest BCUT2D eigenvalue weighted by atomic mass is 10.0. The number of unbranched alkanes of at least 4 members (excludes halogenated alkanes) is 2. The predicted octanol–water partition coefficient (Wildman–Crippen LogP) is 6.46. The molecule has 134 valence electrons. The van der Waals surface area contributed by atoms with Crippen LogP contribution in [0.2, 0.25) is 0 Å². The second kappa shape index (κ2) is 13.5. The maximum absolute atomic E-state index is 12.6. The Morgan fingerprint density at radius 1 is 0.864 bits per heavy atom. The molecule has 0 aromatic rings. The third kappa shape index (κ3) is 9.94. The van der Waals surface area contributed by atoms with E-state index >= 15 is 0 Å². The third-order valence-corrected chi connectivity index (χ3v) is 5.21. The van der Waals surface area contributed by atoms with Crippen LogP contribution in [0.5, 0.6) is 0 Å². The summed E-state index contributed by atoms with van der Waals surface area (Å²) in [5, 5.41) is 0. The molecule has 0 aliphatic rings. The number of phosphoric acid groups is 1. The maximum Gasteiger partial charge on any atom is 0.506 e. The van der Waals surface area contributed by atoms with Crippen LogP contribution in [-0.2, 0) is 18.3 Å². The summed E-state index contributed by atoms with van der Waals surface area (Å²) in [6.07, 6.45) is 8.12. The van der Waals surface area contributed by atoms with Crippen molar-refractivity contribution in [3.05, 3.63) is 0 Å². The highest BCUT2D eigenvalue weighted by Gasteiger charge is 2.30. The SMILES string of the molecule is CCCCC(CC)COP(=O)(OF)OCC(CC)CCCC. The van der Waals surface area contributed by atoms with Crippen molar-refractivity contribution in [2.75, 3.05) is 13.2 Å². The van der Waals surface area contributed by atoms with E-state index < -0.39 is 7.82 Å². The molecule has 0 spiro atoms. The van der Waals surface area contributed by atoms with Crippen molar-refractivity contribution < 1.29 is 22.9 Å². The summed E-state index contributed by atoms with van der Waals surface area (Å²) in [6, 6.07) is 0. The van der Waals surface area contributed by atoms with Crippen molar-refractivity contribution in [2.24, 2.45) is 11.8 Å². The number of hydrogen-bond donors (Lipinski definition) is 0. The molecule has 4 nitrogen and oxygen atoms in total. The fraction of sp³-hybridized carbons (Fsp3) is 1.00. The van der Waals surface area contributed by atoms with E-state index in [0.29, 0.717) is 0 Å². The van der Waals surface area contributed by atoms with Gasteiger partial charge in [0.15, 0.2) is 0 Å². The molecule has 0 aromatic carbocycles. The molecule has 0 aliphatic heterocycles. The molecular weight excluding hydrogens is 306 g/mol. The standard InChI is InChI=1S/C16H34FO4P/c1-5-9-11-15(7-3)13-19-22(18,21-17)20-14-16(8-4)12-10-6-2/h15-16H,5-14H2,1-4H3. The van der Waals surface area contributed by atoms with Crippen molar-refractivity contribution in [2.45, 2.75) is 79.1 Å². The Morgan fingerprint density at radius 2 is 1.27 bits per heavy atom. The molecule has 22 heavy (non-hydrogen) atoms. The highest BCUT2D eigenvalue weighted by Crippen LogP contribution is 2.51. The molecular formula is C16H34FO4P. The second-order valence-corrected chi connectivity index (χ2v) is 7.49. The van der Waals surface area contributed by atoms with Crippen LogP contribution in [0, 0.1) is 11.8 Å². The van der Waals surface area contributed by atoms with Gasteiger partial charge in [0.25, 0.3) is 0 Å². The van der Waals surface area contributed by atoms with Gasteiger partial charge in [-0.15, -0.1) is 0 Å². The first-order chi connectivity index (χ1) is 10.5. The van der Waals surface area contributed by atoms with Gasteiger partial charge in [-0.05, 0) is 29.2 Å². The first-order valence-corrected chi connectivity index (χ1v) is 10.2. The number of rotatable bonds is 15. The molecule has 0 N–H and O–H groups in total. The Labute approximate surface area is 135 Å². The van der Waals surface area contributed by atoms with Crippen LogP contribution >= 0.6 is 7.82 Å². The molecule has 0 saturated carbocycles. The Kier molecular flexibility index (Phi) is 13.5. The van der Waals surface area contributed by atoms with E-state index in [0.717, 1.165) is 51.4 Å². The minimum atomic E-state index is -4.07. The van der Waals surface area contributed by atoms with Crippen LogP contribution in [-0.4, -0.2) is 13.2 Å². The largest absolute Gasteiger partial charge is 0.506 e. The smallest absolute Gasteiger partial charge is 0.285 e. The Bertz CT molecular complexity index is 278. The summed E-state index contributed by atoms with van der Waals surface area (Å²) in [7, 11) is -4.07. The van der Waals surface area contributed by atoms with Gasteiger partial charge in [-0.25, -0.2) is 4.57 Å². The summed E-state index contributed by atoms with van der Waals surface area (Å²) < 4.78 is 38.6. The molecule has 0 fully saturated rings. The fourth-order valence-electron chi connectivity index (χ4n) is 2.27. The Morgan fingerprint density at radius 3 is 1.55 bits per heavy atom. The summed E-state index contributed by atoms with van der Waals surface area (Å²) in [5.74, 6) is 0.517. The lowest BCUT2D eigenvalue weighted by molar-refractivity contribution is -0.0620. The first-order valence-electron chi connectivity index (χ1n) is 8.74. The highest BCUT2D eigenvalue weighted by atomic mass is 31.2. The molecule has 2 unspecified atom stereocenters. The van der Waals surface area contributed by atoms with E-state index in [2.05, 4.69) is 18.6 Å². The van der Waals surface area contributed by atoms with Crippen molar-refractivity contribution in [1.82, 2.24) is 0 Å². The number of phosphoric ester groups is 1. The van der Waals surface area contributed by atoms with Crippen LogP contribution in [0.15, 0.2) is 0 Å². The summed E-state index contributed by atoms with van der Waals surface area (Å²) in [4.78, 5) is 0. The Balaban J connectivity index is 4.29. The minimum absolute atomic E-state index is 0.212. The third-order valence-electron chi connectivity index (χ3n) is 4.11. The van der Waals surface area contributed by atoms with E-state index in [1.54, 1.807) is 0 Å². The topological polar surface area (TPSA) is 44.8 Å². The van der Waals surface area contributed by atoms with Gasteiger partial charge < -0.3 is 0 Å². The Hall–Kier alpha value is 0.0400. The molecule has 6 heteroatoms. The lowest BCUT2D eigenvalue weighted by Crippen LogP contribution is -2.12. The maximum atomic E-state index is 12.6. The van der Waals surface area contributed by atoms with Crippen LogP contribution < -0.4 is 0 Å². The van der Waals surface area contributed by atoms with Crippen LogP contribution in [0.3, 0.4) is 0 Å². The van der Waals surface area contributed by atoms with E-state index in [-0.39, 0.29) is 25.0 Å². The predicted molar refractivity (Wildman–Crippen MR) is 88.3 cm³/mol. The van der Waals surface area contributed by atoms with Crippen LogP contribution in [0.1, 0.15) is 79.1 Å². The van der Waals surface area contributed by atoms with E-state index in [1.165, 1.54) is 0 Å². The molecule has 0 radical (unpaired) electrons. The summed E-state index contributed by atoms with van der Waals surface area (Å²) in [6.45, 7) is 8.75. The van der Waals surface area contributed by atoms with Crippen molar-refractivity contribution in [3.63, 3.8) is 0 Å². The number of halogens is 1. The lowest BCUT2D eigenvalue weighted by Gasteiger charge is -2.20. The molecule has 0 aromatic heterocycles. The van der Waals surface area contributed by atoms with Crippen LogP contribution in [0.4, 0.5) is 4.53 Å². The van der Waals surface area contributed by atoms with Gasteiger partial charge in [0.05, 0.1) is 13.2 Å². The molecule has 0 saturated heterocycles. The van der Waals surface area contributed by atoms with Gasteiger partial charge in [0, 0.05) is 0 Å². The van der Waals surface area contributed by atoms with E-state index in [4.69, 9.17) is 9.05 Å². The first kappa shape index (κ1) is 22.0. The van der Waals surface area contributed by atoms with E-state index in [9.17, 15) is 9.09 Å². The normalized spacial score (nSPS) is 17.1. The number of hydrogen-bond acceptors (Lipinski definition) is 4. The quantitative estimate of drug-likeness (QED) is 0.321. The van der Waals surface area contributed by atoms with Crippen molar-refractivity contribution in [1.29, 1.82) is 0 Å². The molecule has 0 heterocycles. The average molecular weight is 340 g/mol. The zero-order valence-electron chi connectivity index (χ0n) is 14.7. The van der Waals surface area contributed by atoms with Crippen molar-refractivity contribution >= 4 is 7.82 Å². The molecule has 0 aliphatic carbocycles. The zero-order chi connectivity index (χ0) is 16.8. The van der Waals surface area contributed by atoms with Gasteiger partial charge in [-0.1, -0.05) is 70.9 Å². The van der Waals surface area contributed by atoms with Gasteiger partial charge in [0.1, 0.15) is 0 Å². The minimum Gasteiger partial charge on any atom is -0.285 e. The zero-order valence-corrected chi connectivity index (χ0v) is 15.6. The molecule has 0 amide bonds. The molecule has 0 bridgehead atoms. The summed E-state index contributed by atoms with van der Waals surface area (Å²) in [5.41, 5.74) is 0. The monoisotopic (exact) mass is 340 g/mol. The van der Waals surface area contributed by atoms with Crippen LogP contribution in [0.25, 0.3) is 0 Å². The van der Waals surface area contributed by atoms with Gasteiger partial charge in [0.2, 0.25) is 0 Å². The summed E-state index contributed by atoms with van der Waals surface area (Å²) >= 11 is 0. The van der Waals surface area contributed by atoms with Gasteiger partial charge >= 0.3 is 7.82 Å². The highest BCUT2D eigenvalue weighted by molar-refractivity contribution is 7.48. The van der Waals surface area contributed by atoms with Gasteiger partial charge in [-0.2, -0.15) is 0 Å². The fourth-order valence-corrected chi connectivity index (χ4v) is 3.21. The van der Waals surface area contributed by atoms with Gasteiger partial charge in [-0.3, -0.25) is 9.05 Å². The molecule has 0 rings (SSSR count).